The van der Waals surface area contributed by atoms with E-state index in [1.807, 2.05) is 0 Å². The second-order valence-electron chi connectivity index (χ2n) is 3.23. The van der Waals surface area contributed by atoms with Gasteiger partial charge in [-0.05, 0) is 31.0 Å². The third kappa shape index (κ3) is 2.18. The summed E-state index contributed by atoms with van der Waals surface area (Å²) in [7, 11) is -2.96. The molecule has 0 unspecified atom stereocenters. The summed E-state index contributed by atoms with van der Waals surface area (Å²) in [5.74, 6) is 0. The minimum absolute atomic E-state index is 0.00866. The van der Waals surface area contributed by atoms with Crippen molar-refractivity contribution < 1.29 is 17.9 Å². The molecule has 1 aromatic carbocycles. The molecule has 82 valence electrons. The molecule has 1 aromatic rings. The number of aryl methyl sites for hydroxylation is 2. The second-order valence-corrected chi connectivity index (χ2v) is 5.01. The van der Waals surface area contributed by atoms with E-state index >= 15 is 0 Å². The molecule has 0 N–H and O–H groups in total. The van der Waals surface area contributed by atoms with Gasteiger partial charge in [-0.3, -0.25) is 0 Å². The van der Waals surface area contributed by atoms with E-state index in [9.17, 15) is 13.2 Å². The van der Waals surface area contributed by atoms with Gasteiger partial charge in [0.15, 0.2) is 0 Å². The quantitative estimate of drug-likeness (QED) is 0.688. The zero-order valence-electron chi connectivity index (χ0n) is 8.77. The number of carbonyl (C=O) groups excluding carboxylic acids is 1. The van der Waals surface area contributed by atoms with Crippen molar-refractivity contribution in [1.82, 2.24) is 0 Å². The van der Waals surface area contributed by atoms with Crippen LogP contribution in [0.4, 0.5) is 4.79 Å². The van der Waals surface area contributed by atoms with Gasteiger partial charge in [-0.25, -0.2) is 13.2 Å². The largest absolute Gasteiger partial charge is 0.457 e. The highest BCUT2D eigenvalue weighted by molar-refractivity contribution is 8.05. The molecule has 4 nitrogen and oxygen atoms in total. The van der Waals surface area contributed by atoms with Crippen LogP contribution in [0.5, 0.6) is 0 Å². The highest BCUT2D eigenvalue weighted by Crippen LogP contribution is 2.19. The van der Waals surface area contributed by atoms with E-state index < -0.39 is 15.1 Å². The molecule has 1 rings (SSSR count). The molecule has 0 aromatic heterocycles. The van der Waals surface area contributed by atoms with Crippen molar-refractivity contribution in [2.45, 2.75) is 18.7 Å². The van der Waals surface area contributed by atoms with Gasteiger partial charge < -0.3 is 4.74 Å². The smallest absolute Gasteiger partial charge is 0.429 e. The van der Waals surface area contributed by atoms with Crippen molar-refractivity contribution in [3.63, 3.8) is 0 Å². The van der Waals surface area contributed by atoms with Crippen LogP contribution in [0.25, 0.3) is 0 Å². The van der Waals surface area contributed by atoms with Crippen LogP contribution in [0.15, 0.2) is 23.1 Å². The summed E-state index contributed by atoms with van der Waals surface area (Å²) in [6.45, 7) is 3.39. The molecule has 0 heterocycles. The number of carbonyl (C=O) groups is 1. The molecule has 0 radical (unpaired) electrons. The first-order chi connectivity index (χ1) is 6.89. The van der Waals surface area contributed by atoms with Crippen molar-refractivity contribution in [2.75, 3.05) is 7.11 Å². The van der Waals surface area contributed by atoms with Crippen LogP contribution >= 0.6 is 0 Å². The molecule has 0 aliphatic carbocycles. The summed E-state index contributed by atoms with van der Waals surface area (Å²) in [4.78, 5) is 11.1. The molecule has 0 atom stereocenters. The molecular weight excluding hydrogens is 216 g/mol. The van der Waals surface area contributed by atoms with E-state index in [2.05, 4.69) is 4.74 Å². The number of hydrogen-bond acceptors (Lipinski definition) is 4. The fraction of sp³-hybridized carbons (Fsp3) is 0.300. The normalized spacial score (nSPS) is 11.1. The predicted octanol–water partition coefficient (Wildman–Crippen LogP) is 1.84. The Morgan fingerprint density at radius 2 is 1.87 bits per heavy atom. The van der Waals surface area contributed by atoms with Crippen molar-refractivity contribution in [2.24, 2.45) is 0 Å². The van der Waals surface area contributed by atoms with Gasteiger partial charge in [-0.1, -0.05) is 12.1 Å². The average Bonchev–Trinajstić information content (AvgIpc) is 2.20. The summed E-state index contributed by atoms with van der Waals surface area (Å²) in [6.07, 6.45) is 0. The van der Waals surface area contributed by atoms with Crippen molar-refractivity contribution in [3.05, 3.63) is 29.3 Å². The number of benzene rings is 1. The molecule has 15 heavy (non-hydrogen) atoms. The highest BCUT2D eigenvalue weighted by atomic mass is 32.2. The first-order valence-electron chi connectivity index (χ1n) is 4.30. The summed E-state index contributed by atoms with van der Waals surface area (Å²) >= 11 is 0. The van der Waals surface area contributed by atoms with E-state index in [0.29, 0.717) is 5.56 Å². The standard InChI is InChI=1S/C10H12O4S/c1-7-4-5-8(2)9(6-7)15(12,13)10(11)14-3/h4-6H,1-3H3. The van der Waals surface area contributed by atoms with Crippen LogP contribution in [0.1, 0.15) is 11.1 Å². The number of methoxy groups -OCH3 is 1. The monoisotopic (exact) mass is 228 g/mol. The molecule has 0 fully saturated rings. The fourth-order valence-corrected chi connectivity index (χ4v) is 2.43. The zero-order chi connectivity index (χ0) is 11.6. The van der Waals surface area contributed by atoms with Crippen LogP contribution in [-0.4, -0.2) is 20.8 Å². The lowest BCUT2D eigenvalue weighted by Gasteiger charge is -2.06. The molecular formula is C10H12O4S. The van der Waals surface area contributed by atoms with Gasteiger partial charge in [0.2, 0.25) is 0 Å². The predicted molar refractivity (Wildman–Crippen MR) is 55.5 cm³/mol. The first kappa shape index (κ1) is 11.7. The molecule has 0 spiro atoms. The number of rotatable bonds is 1. The summed E-state index contributed by atoms with van der Waals surface area (Å²) in [5, 5.41) is -1.23. The summed E-state index contributed by atoms with van der Waals surface area (Å²) in [6, 6.07) is 4.90. The van der Waals surface area contributed by atoms with Crippen LogP contribution in [-0.2, 0) is 14.6 Å². The van der Waals surface area contributed by atoms with Crippen molar-refractivity contribution in [1.29, 1.82) is 0 Å². The summed E-state index contributed by atoms with van der Waals surface area (Å²) in [5.41, 5.74) is 1.31. The molecule has 0 saturated carbocycles. The maximum Gasteiger partial charge on any atom is 0.429 e. The Balaban J connectivity index is 3.39. The average molecular weight is 228 g/mol. The molecule has 0 saturated heterocycles. The van der Waals surface area contributed by atoms with Crippen molar-refractivity contribution >= 4 is 15.1 Å². The van der Waals surface area contributed by atoms with Crippen LogP contribution in [0.3, 0.4) is 0 Å². The minimum Gasteiger partial charge on any atom is -0.457 e. The van der Waals surface area contributed by atoms with Crippen LogP contribution in [0.2, 0.25) is 0 Å². The van der Waals surface area contributed by atoms with Gasteiger partial charge in [0.1, 0.15) is 0 Å². The SMILES string of the molecule is COC(=O)S(=O)(=O)c1cc(C)ccc1C. The summed E-state index contributed by atoms with van der Waals surface area (Å²) < 4.78 is 27.6. The van der Waals surface area contributed by atoms with E-state index in [0.717, 1.165) is 12.7 Å². The highest BCUT2D eigenvalue weighted by Gasteiger charge is 2.27. The molecule has 0 bridgehead atoms. The number of sulfone groups is 1. The maximum absolute atomic E-state index is 11.7. The Morgan fingerprint density at radius 1 is 1.27 bits per heavy atom. The van der Waals surface area contributed by atoms with Gasteiger partial charge in [0, 0.05) is 0 Å². The van der Waals surface area contributed by atoms with Gasteiger partial charge in [0.25, 0.3) is 9.84 Å². The second kappa shape index (κ2) is 4.02. The Morgan fingerprint density at radius 3 is 2.40 bits per heavy atom. The van der Waals surface area contributed by atoms with Gasteiger partial charge in [0.05, 0.1) is 12.0 Å². The lowest BCUT2D eigenvalue weighted by molar-refractivity contribution is 0.197. The zero-order valence-corrected chi connectivity index (χ0v) is 9.59. The first-order valence-corrected chi connectivity index (χ1v) is 5.78. The van der Waals surface area contributed by atoms with E-state index in [-0.39, 0.29) is 4.90 Å². The number of hydrogen-bond donors (Lipinski definition) is 0. The molecule has 0 aliphatic heterocycles. The maximum atomic E-state index is 11.7. The third-order valence-electron chi connectivity index (χ3n) is 2.02. The fourth-order valence-electron chi connectivity index (χ4n) is 1.20. The Labute approximate surface area is 88.8 Å². The molecule has 5 heteroatoms. The van der Waals surface area contributed by atoms with Crippen LogP contribution < -0.4 is 0 Å². The topological polar surface area (TPSA) is 60.4 Å². The molecule has 0 aliphatic rings. The van der Waals surface area contributed by atoms with Crippen LogP contribution in [0, 0.1) is 13.8 Å². The number of ether oxygens (including phenoxy) is 1. The van der Waals surface area contributed by atoms with E-state index in [1.54, 1.807) is 26.0 Å². The lowest BCUT2D eigenvalue weighted by atomic mass is 10.2. The minimum atomic E-state index is -4.00. The Hall–Kier alpha value is -1.36. The van der Waals surface area contributed by atoms with Gasteiger partial charge in [-0.15, -0.1) is 0 Å². The third-order valence-corrected chi connectivity index (χ3v) is 3.64. The van der Waals surface area contributed by atoms with E-state index in [4.69, 9.17) is 0 Å². The van der Waals surface area contributed by atoms with Gasteiger partial charge >= 0.3 is 5.30 Å². The van der Waals surface area contributed by atoms with Gasteiger partial charge in [-0.2, -0.15) is 0 Å². The molecule has 0 amide bonds. The van der Waals surface area contributed by atoms with E-state index in [1.165, 1.54) is 6.07 Å². The Bertz CT molecular complexity index is 488. The lowest BCUT2D eigenvalue weighted by Crippen LogP contribution is -2.16. The van der Waals surface area contributed by atoms with Crippen molar-refractivity contribution in [3.8, 4) is 0 Å². The Kier molecular flexibility index (Phi) is 3.14.